The Morgan fingerprint density at radius 2 is 2.00 bits per heavy atom. The van der Waals surface area contributed by atoms with Crippen molar-refractivity contribution < 1.29 is 14.0 Å². The van der Waals surface area contributed by atoms with Crippen LogP contribution in [0.5, 0.6) is 0 Å². The highest BCUT2D eigenvalue weighted by Gasteiger charge is 2.50. The fourth-order valence-corrected chi connectivity index (χ4v) is 4.61. The van der Waals surface area contributed by atoms with Gasteiger partial charge in [-0.2, -0.15) is 0 Å². The lowest BCUT2D eigenvalue weighted by Crippen LogP contribution is -2.67. The first-order valence-corrected chi connectivity index (χ1v) is 9.35. The second kappa shape index (κ2) is 6.96. The summed E-state index contributed by atoms with van der Waals surface area (Å²) < 4.78 is 13.0. The molecule has 2 aliphatic heterocycles. The number of piperazine rings is 1. The van der Waals surface area contributed by atoms with Crippen molar-refractivity contribution in [3.8, 4) is 0 Å². The van der Waals surface area contributed by atoms with Crippen molar-refractivity contribution >= 4 is 11.8 Å². The van der Waals surface area contributed by atoms with E-state index in [9.17, 15) is 14.0 Å². The fourth-order valence-electron chi connectivity index (χ4n) is 4.61. The molecule has 4 rings (SSSR count). The van der Waals surface area contributed by atoms with Gasteiger partial charge in [0.1, 0.15) is 11.9 Å². The van der Waals surface area contributed by atoms with E-state index in [1.54, 1.807) is 12.1 Å². The van der Waals surface area contributed by atoms with E-state index in [1.165, 1.54) is 12.1 Å². The fraction of sp³-hybridized carbons (Fsp3) is 0.579. The van der Waals surface area contributed by atoms with Crippen molar-refractivity contribution in [2.45, 2.75) is 50.4 Å². The Morgan fingerprint density at radius 1 is 1.23 bits per heavy atom. The molecule has 3 aliphatic rings. The Balaban J connectivity index is 1.38. The van der Waals surface area contributed by atoms with E-state index in [-0.39, 0.29) is 41.7 Å². The van der Waals surface area contributed by atoms with Crippen LogP contribution in [0.25, 0.3) is 0 Å². The smallest absolute Gasteiger partial charge is 0.241 e. The number of benzene rings is 1. The summed E-state index contributed by atoms with van der Waals surface area (Å²) in [5, 5.41) is 5.10. The molecule has 1 aromatic carbocycles. The molecule has 6 nitrogen and oxygen atoms in total. The van der Waals surface area contributed by atoms with Crippen LogP contribution in [-0.2, 0) is 16.1 Å². The molecule has 7 heteroatoms. The molecule has 2 heterocycles. The van der Waals surface area contributed by atoms with E-state index in [4.69, 9.17) is 0 Å². The second-order valence-corrected chi connectivity index (χ2v) is 7.56. The number of nitrogens with one attached hydrogen (secondary N) is 2. The zero-order chi connectivity index (χ0) is 18.3. The maximum absolute atomic E-state index is 13.0. The number of likely N-dealkylation sites (N-methyl/N-ethyl adjacent to an activating group) is 1. The molecule has 3 fully saturated rings. The number of rotatable bonds is 3. The monoisotopic (exact) mass is 360 g/mol. The highest BCUT2D eigenvalue weighted by Crippen LogP contribution is 2.36. The summed E-state index contributed by atoms with van der Waals surface area (Å²) in [4.78, 5) is 27.1. The third-order valence-electron chi connectivity index (χ3n) is 6.07. The topological polar surface area (TPSA) is 64.7 Å². The summed E-state index contributed by atoms with van der Waals surface area (Å²) in [5.41, 5.74) is 4.24. The first-order chi connectivity index (χ1) is 12.5. The SMILES string of the molecule is CN1C(=O)C2CCNN2C2CCC(C(=O)NCc3ccc(F)cc3)CC21. The molecule has 2 saturated heterocycles. The molecule has 0 radical (unpaired) electrons. The highest BCUT2D eigenvalue weighted by molar-refractivity contribution is 5.84. The van der Waals surface area contributed by atoms with Gasteiger partial charge in [0.05, 0.1) is 0 Å². The minimum Gasteiger partial charge on any atom is -0.352 e. The van der Waals surface area contributed by atoms with Crippen LogP contribution in [0.1, 0.15) is 31.2 Å². The molecule has 4 unspecified atom stereocenters. The number of hydrogen-bond donors (Lipinski definition) is 2. The Bertz CT molecular complexity index is 695. The molecule has 1 saturated carbocycles. The molecule has 0 bridgehead atoms. The lowest BCUT2D eigenvalue weighted by Gasteiger charge is -2.50. The van der Waals surface area contributed by atoms with Crippen molar-refractivity contribution in [3.63, 3.8) is 0 Å². The van der Waals surface area contributed by atoms with Gasteiger partial charge in [0.15, 0.2) is 0 Å². The van der Waals surface area contributed by atoms with Crippen LogP contribution in [0.15, 0.2) is 24.3 Å². The number of halogens is 1. The van der Waals surface area contributed by atoms with Gasteiger partial charge in [0, 0.05) is 38.1 Å². The number of hydrazine groups is 1. The number of carbonyl (C=O) groups is 2. The third-order valence-corrected chi connectivity index (χ3v) is 6.07. The molecule has 140 valence electrons. The van der Waals surface area contributed by atoms with E-state index < -0.39 is 0 Å². The molecule has 0 aromatic heterocycles. The van der Waals surface area contributed by atoms with E-state index >= 15 is 0 Å². The largest absolute Gasteiger partial charge is 0.352 e. The quantitative estimate of drug-likeness (QED) is 0.845. The van der Waals surface area contributed by atoms with Gasteiger partial charge >= 0.3 is 0 Å². The van der Waals surface area contributed by atoms with Crippen LogP contribution >= 0.6 is 0 Å². The van der Waals surface area contributed by atoms with E-state index in [0.717, 1.165) is 31.4 Å². The number of amides is 2. The maximum atomic E-state index is 13.0. The van der Waals surface area contributed by atoms with Crippen molar-refractivity contribution in [1.82, 2.24) is 20.7 Å². The molecular formula is C19H25FN4O2. The van der Waals surface area contributed by atoms with E-state index in [0.29, 0.717) is 13.0 Å². The molecule has 2 amide bonds. The van der Waals surface area contributed by atoms with Crippen LogP contribution in [-0.4, -0.2) is 53.4 Å². The normalized spacial score (nSPS) is 31.5. The Morgan fingerprint density at radius 3 is 2.77 bits per heavy atom. The summed E-state index contributed by atoms with van der Waals surface area (Å²) >= 11 is 0. The molecule has 0 spiro atoms. The molecule has 4 atom stereocenters. The first-order valence-electron chi connectivity index (χ1n) is 9.35. The number of fused-ring (bicyclic) bond motifs is 3. The Kier molecular flexibility index (Phi) is 4.67. The molecular weight excluding hydrogens is 335 g/mol. The van der Waals surface area contributed by atoms with Crippen molar-refractivity contribution in [2.24, 2.45) is 5.92 Å². The molecule has 1 aliphatic carbocycles. The van der Waals surface area contributed by atoms with Gasteiger partial charge in [-0.3, -0.25) is 15.0 Å². The lowest BCUT2D eigenvalue weighted by atomic mass is 9.79. The standard InChI is InChI=1S/C19H25FN4O2/c1-23-17-10-13(18(25)21-11-12-2-5-14(20)6-3-12)4-7-15(17)24-16(19(23)26)8-9-22-24/h2-3,5-6,13,15-17,22H,4,7-11H2,1H3,(H,21,25). The molecule has 2 N–H and O–H groups in total. The lowest BCUT2D eigenvalue weighted by molar-refractivity contribution is -0.153. The number of hydrogen-bond acceptors (Lipinski definition) is 4. The van der Waals surface area contributed by atoms with E-state index in [1.807, 2.05) is 11.9 Å². The average Bonchev–Trinajstić information content (AvgIpc) is 3.15. The van der Waals surface area contributed by atoms with Crippen LogP contribution in [0.3, 0.4) is 0 Å². The minimum absolute atomic E-state index is 0.0186. The Labute approximate surface area is 152 Å². The van der Waals surface area contributed by atoms with Crippen molar-refractivity contribution in [3.05, 3.63) is 35.6 Å². The summed E-state index contributed by atoms with van der Waals surface area (Å²) in [6, 6.07) is 6.46. The van der Waals surface area contributed by atoms with Crippen LogP contribution in [0.4, 0.5) is 4.39 Å². The second-order valence-electron chi connectivity index (χ2n) is 7.56. The molecule has 26 heavy (non-hydrogen) atoms. The van der Waals surface area contributed by atoms with Crippen LogP contribution < -0.4 is 10.7 Å². The maximum Gasteiger partial charge on any atom is 0.241 e. The third kappa shape index (κ3) is 3.10. The molecule has 1 aromatic rings. The van der Waals surface area contributed by atoms with Crippen LogP contribution in [0, 0.1) is 11.7 Å². The zero-order valence-corrected chi connectivity index (χ0v) is 15.0. The van der Waals surface area contributed by atoms with Gasteiger partial charge in [-0.1, -0.05) is 12.1 Å². The number of nitrogens with zero attached hydrogens (tertiary/aromatic N) is 2. The van der Waals surface area contributed by atoms with Gasteiger partial charge in [-0.05, 0) is 43.4 Å². The van der Waals surface area contributed by atoms with Gasteiger partial charge in [0.2, 0.25) is 11.8 Å². The minimum atomic E-state index is -0.280. The van der Waals surface area contributed by atoms with Crippen LogP contribution in [0.2, 0.25) is 0 Å². The van der Waals surface area contributed by atoms with Gasteiger partial charge in [0.25, 0.3) is 0 Å². The van der Waals surface area contributed by atoms with Crippen molar-refractivity contribution in [2.75, 3.05) is 13.6 Å². The van der Waals surface area contributed by atoms with Crippen molar-refractivity contribution in [1.29, 1.82) is 0 Å². The zero-order valence-electron chi connectivity index (χ0n) is 15.0. The summed E-state index contributed by atoms with van der Waals surface area (Å²) in [6.07, 6.45) is 3.27. The van der Waals surface area contributed by atoms with Gasteiger partial charge < -0.3 is 10.2 Å². The predicted octanol–water partition coefficient (Wildman–Crippen LogP) is 1.03. The van der Waals surface area contributed by atoms with Gasteiger partial charge in [-0.25, -0.2) is 9.40 Å². The van der Waals surface area contributed by atoms with E-state index in [2.05, 4.69) is 15.8 Å². The highest BCUT2D eigenvalue weighted by atomic mass is 19.1. The summed E-state index contributed by atoms with van der Waals surface area (Å²) in [5.74, 6) is -0.197. The number of carbonyl (C=O) groups excluding carboxylic acids is 2. The first kappa shape index (κ1) is 17.4. The Hall–Kier alpha value is -1.99. The predicted molar refractivity (Wildman–Crippen MR) is 94.2 cm³/mol. The van der Waals surface area contributed by atoms with Gasteiger partial charge in [-0.15, -0.1) is 0 Å². The summed E-state index contributed by atoms with van der Waals surface area (Å²) in [7, 11) is 1.87. The average molecular weight is 360 g/mol. The summed E-state index contributed by atoms with van der Waals surface area (Å²) in [6.45, 7) is 1.24.